The summed E-state index contributed by atoms with van der Waals surface area (Å²) >= 11 is 0. The molecule has 1 saturated heterocycles. The summed E-state index contributed by atoms with van der Waals surface area (Å²) < 4.78 is 0. The van der Waals surface area contributed by atoms with Crippen LogP contribution in [0.2, 0.25) is 0 Å². The number of rotatable bonds is 6. The number of hydrogen-bond donors (Lipinski definition) is 1. The molecule has 1 amide bonds. The minimum Gasteiger partial charge on any atom is -0.341 e. The molecule has 2 N–H and O–H groups in total. The molecule has 1 fully saturated rings. The van der Waals surface area contributed by atoms with Gasteiger partial charge in [0.15, 0.2) is 0 Å². The van der Waals surface area contributed by atoms with Crippen molar-refractivity contribution in [2.75, 3.05) is 26.2 Å². The number of likely N-dealkylation sites (tertiary alicyclic amines) is 1. The van der Waals surface area contributed by atoms with Crippen molar-refractivity contribution in [3.8, 4) is 0 Å². The van der Waals surface area contributed by atoms with Crippen LogP contribution in [-0.4, -0.2) is 47.4 Å². The zero-order valence-electron chi connectivity index (χ0n) is 14.1. The van der Waals surface area contributed by atoms with Gasteiger partial charge in [-0.1, -0.05) is 30.3 Å². The van der Waals surface area contributed by atoms with Gasteiger partial charge in [-0.2, -0.15) is 0 Å². The third kappa shape index (κ3) is 4.55. The Hall–Kier alpha value is -1.39. The third-order valence-corrected chi connectivity index (χ3v) is 4.32. The van der Waals surface area contributed by atoms with Crippen molar-refractivity contribution in [3.05, 3.63) is 35.9 Å². The van der Waals surface area contributed by atoms with Gasteiger partial charge < -0.3 is 10.6 Å². The lowest BCUT2D eigenvalue weighted by atomic mass is 10.0. The number of hydrogen-bond acceptors (Lipinski definition) is 3. The highest BCUT2D eigenvalue weighted by molar-refractivity contribution is 5.85. The largest absolute Gasteiger partial charge is 0.341 e. The molecule has 1 heterocycles. The zero-order valence-corrected chi connectivity index (χ0v) is 14.1. The lowest BCUT2D eigenvalue weighted by molar-refractivity contribution is -0.136. The predicted octanol–water partition coefficient (Wildman–Crippen LogP) is 2.09. The summed E-state index contributed by atoms with van der Waals surface area (Å²) in [5.74, 6) is 0.603. The molecule has 122 valence electrons. The van der Waals surface area contributed by atoms with Crippen molar-refractivity contribution >= 4 is 5.91 Å². The van der Waals surface area contributed by atoms with Gasteiger partial charge in [0.2, 0.25) is 5.91 Å². The second kappa shape index (κ2) is 7.25. The van der Waals surface area contributed by atoms with Gasteiger partial charge in [-0.05, 0) is 45.2 Å². The van der Waals surface area contributed by atoms with Crippen molar-refractivity contribution in [3.63, 3.8) is 0 Å². The number of carbonyl (C=O) groups is 1. The number of nitrogens with two attached hydrogens (primary N) is 1. The van der Waals surface area contributed by atoms with Crippen molar-refractivity contribution in [1.82, 2.24) is 9.80 Å². The van der Waals surface area contributed by atoms with E-state index >= 15 is 0 Å². The number of amides is 1. The van der Waals surface area contributed by atoms with Gasteiger partial charge >= 0.3 is 0 Å². The molecule has 4 heteroatoms. The van der Waals surface area contributed by atoms with E-state index in [0.717, 1.165) is 39.1 Å². The lowest BCUT2D eigenvalue weighted by Crippen LogP contribution is -2.52. The van der Waals surface area contributed by atoms with Crippen LogP contribution in [0, 0.1) is 5.92 Å². The molecule has 1 aliphatic rings. The summed E-state index contributed by atoms with van der Waals surface area (Å²) in [5.41, 5.74) is 6.53. The predicted molar refractivity (Wildman–Crippen MR) is 90.3 cm³/mol. The van der Waals surface area contributed by atoms with Crippen LogP contribution < -0.4 is 5.73 Å². The monoisotopic (exact) mass is 303 g/mol. The molecule has 0 radical (unpaired) electrons. The Morgan fingerprint density at radius 1 is 1.36 bits per heavy atom. The van der Waals surface area contributed by atoms with Crippen molar-refractivity contribution in [2.45, 2.75) is 39.3 Å². The summed E-state index contributed by atoms with van der Waals surface area (Å²) in [6.45, 7) is 10.3. The molecule has 0 aliphatic carbocycles. The van der Waals surface area contributed by atoms with Gasteiger partial charge in [0, 0.05) is 26.2 Å². The Bertz CT molecular complexity index is 481. The maximum atomic E-state index is 12.3. The van der Waals surface area contributed by atoms with Crippen molar-refractivity contribution in [1.29, 1.82) is 0 Å². The van der Waals surface area contributed by atoms with Gasteiger partial charge in [0.25, 0.3) is 0 Å². The first-order chi connectivity index (χ1) is 10.4. The van der Waals surface area contributed by atoms with E-state index in [1.54, 1.807) is 13.8 Å². The third-order valence-electron chi connectivity index (χ3n) is 4.32. The maximum Gasteiger partial charge on any atom is 0.242 e. The van der Waals surface area contributed by atoms with E-state index in [-0.39, 0.29) is 5.91 Å². The highest BCUT2D eigenvalue weighted by Gasteiger charge is 2.30. The molecule has 0 spiro atoms. The Labute approximate surface area is 134 Å². The Balaban J connectivity index is 1.86. The van der Waals surface area contributed by atoms with Gasteiger partial charge in [-0.15, -0.1) is 0 Å². The molecule has 1 atom stereocenters. The smallest absolute Gasteiger partial charge is 0.242 e. The van der Waals surface area contributed by atoms with Crippen molar-refractivity contribution in [2.24, 2.45) is 11.7 Å². The van der Waals surface area contributed by atoms with E-state index in [1.165, 1.54) is 5.56 Å². The Morgan fingerprint density at radius 2 is 2.05 bits per heavy atom. The fraction of sp³-hybridized carbons (Fsp3) is 0.611. The minimum atomic E-state index is -0.779. The first-order valence-electron chi connectivity index (χ1n) is 8.24. The van der Waals surface area contributed by atoms with E-state index in [0.29, 0.717) is 5.92 Å². The molecule has 1 unspecified atom stereocenters. The van der Waals surface area contributed by atoms with E-state index in [1.807, 2.05) is 11.8 Å². The summed E-state index contributed by atoms with van der Waals surface area (Å²) in [7, 11) is 0. The van der Waals surface area contributed by atoms with E-state index < -0.39 is 5.54 Å². The van der Waals surface area contributed by atoms with Crippen LogP contribution in [0.5, 0.6) is 0 Å². The zero-order chi connectivity index (χ0) is 16.2. The maximum absolute atomic E-state index is 12.3. The van der Waals surface area contributed by atoms with E-state index in [4.69, 9.17) is 5.73 Å². The average Bonchev–Trinajstić information content (AvgIpc) is 2.91. The van der Waals surface area contributed by atoms with Crippen LogP contribution in [0.25, 0.3) is 0 Å². The second-order valence-electron chi connectivity index (χ2n) is 6.94. The molecule has 4 nitrogen and oxygen atoms in total. The molecule has 22 heavy (non-hydrogen) atoms. The van der Waals surface area contributed by atoms with Gasteiger partial charge in [0.05, 0.1) is 5.54 Å². The second-order valence-corrected chi connectivity index (χ2v) is 6.94. The fourth-order valence-corrected chi connectivity index (χ4v) is 3.12. The molecule has 0 aromatic heterocycles. The summed E-state index contributed by atoms with van der Waals surface area (Å²) in [5, 5.41) is 0. The van der Waals surface area contributed by atoms with Crippen LogP contribution >= 0.6 is 0 Å². The van der Waals surface area contributed by atoms with Crippen LogP contribution in [-0.2, 0) is 11.3 Å². The van der Waals surface area contributed by atoms with Gasteiger partial charge in [-0.3, -0.25) is 9.69 Å². The molecular weight excluding hydrogens is 274 g/mol. The van der Waals surface area contributed by atoms with E-state index in [9.17, 15) is 4.79 Å². The summed E-state index contributed by atoms with van der Waals surface area (Å²) in [6.07, 6.45) is 1.15. The highest BCUT2D eigenvalue weighted by Crippen LogP contribution is 2.20. The minimum absolute atomic E-state index is 0.0523. The Morgan fingerprint density at radius 3 is 2.64 bits per heavy atom. The highest BCUT2D eigenvalue weighted by atomic mass is 16.2. The molecule has 0 saturated carbocycles. The van der Waals surface area contributed by atoms with Crippen LogP contribution in [0.4, 0.5) is 0 Å². The molecule has 1 aliphatic heterocycles. The number of carbonyl (C=O) groups excluding carboxylic acids is 1. The van der Waals surface area contributed by atoms with Crippen LogP contribution in [0.15, 0.2) is 30.3 Å². The normalized spacial score (nSPS) is 19.4. The number of benzene rings is 1. The fourth-order valence-electron chi connectivity index (χ4n) is 3.12. The SMILES string of the molecule is CCN(CC1CCN(Cc2ccccc2)C1)C(=O)C(C)(C)N. The standard InChI is InChI=1S/C18H29N3O/c1-4-21(17(22)18(2,3)19)14-16-10-11-20(13-16)12-15-8-6-5-7-9-15/h5-9,16H,4,10-14,19H2,1-3H3. The summed E-state index contributed by atoms with van der Waals surface area (Å²) in [4.78, 5) is 16.7. The first-order valence-corrected chi connectivity index (χ1v) is 8.24. The molecule has 1 aromatic rings. The van der Waals surface area contributed by atoms with Crippen LogP contribution in [0.3, 0.4) is 0 Å². The topological polar surface area (TPSA) is 49.6 Å². The van der Waals surface area contributed by atoms with Crippen LogP contribution in [0.1, 0.15) is 32.8 Å². The van der Waals surface area contributed by atoms with Gasteiger partial charge in [-0.25, -0.2) is 0 Å². The summed E-state index contributed by atoms with van der Waals surface area (Å²) in [6, 6.07) is 10.6. The number of likely N-dealkylation sites (N-methyl/N-ethyl adjacent to an activating group) is 1. The molecule has 1 aromatic carbocycles. The lowest BCUT2D eigenvalue weighted by Gasteiger charge is -2.30. The number of nitrogens with zero attached hydrogens (tertiary/aromatic N) is 2. The first kappa shape index (κ1) is 17.0. The molecular formula is C18H29N3O. The van der Waals surface area contributed by atoms with Crippen molar-refractivity contribution < 1.29 is 4.79 Å². The average molecular weight is 303 g/mol. The van der Waals surface area contributed by atoms with Gasteiger partial charge in [0.1, 0.15) is 0 Å². The quantitative estimate of drug-likeness (QED) is 0.875. The molecule has 2 rings (SSSR count). The van der Waals surface area contributed by atoms with E-state index in [2.05, 4.69) is 35.2 Å². The Kier molecular flexibility index (Phi) is 5.59. The molecule has 0 bridgehead atoms.